The molecule has 0 bridgehead atoms. The molecule has 31 heavy (non-hydrogen) atoms. The highest BCUT2D eigenvalue weighted by atomic mass is 32.1. The monoisotopic (exact) mass is 455 g/mol. The maximum absolute atomic E-state index is 12.4. The highest BCUT2D eigenvalue weighted by molar-refractivity contribution is 7.16. The van der Waals surface area contributed by atoms with Gasteiger partial charge in [0.05, 0.1) is 17.8 Å². The van der Waals surface area contributed by atoms with Gasteiger partial charge >= 0.3 is 0 Å². The van der Waals surface area contributed by atoms with Crippen LogP contribution in [0.5, 0.6) is 0 Å². The normalized spacial score (nSPS) is 13.3. The van der Waals surface area contributed by atoms with Crippen molar-refractivity contribution in [3.63, 3.8) is 0 Å². The van der Waals surface area contributed by atoms with Gasteiger partial charge in [0, 0.05) is 48.1 Å². The number of carbonyl (C=O) groups is 3. The Morgan fingerprint density at radius 2 is 1.81 bits per heavy atom. The second-order valence-corrected chi connectivity index (χ2v) is 8.99. The molecule has 3 aromatic rings. The lowest BCUT2D eigenvalue weighted by molar-refractivity contribution is -0.117. The molecule has 0 atom stereocenters. The average molecular weight is 456 g/mol. The summed E-state index contributed by atoms with van der Waals surface area (Å²) in [5, 5.41) is 12.7. The summed E-state index contributed by atoms with van der Waals surface area (Å²) >= 11 is 2.93. The number of nitrogens with one attached hydrogen (secondary N) is 3. The zero-order chi connectivity index (χ0) is 21.8. The predicted octanol–water partition coefficient (Wildman–Crippen LogP) is 3.41. The van der Waals surface area contributed by atoms with Crippen LogP contribution in [0.25, 0.3) is 0 Å². The molecule has 1 aliphatic heterocycles. The molecule has 3 heterocycles. The van der Waals surface area contributed by atoms with E-state index in [0.717, 1.165) is 23.5 Å². The van der Waals surface area contributed by atoms with E-state index in [4.69, 9.17) is 0 Å². The molecule has 0 unspecified atom stereocenters. The standard InChI is InChI=1S/C21H21N5O3S2/c1-13(27)22-15-2-4-16(5-3-15)23-19(28)11-26-8-6-17-18(10-26)31-21(24-17)25-20(29)14-7-9-30-12-14/h2-5,7,9,12H,6,8,10-11H2,1H3,(H,22,27)(H,23,28)(H,24,25,29). The Kier molecular flexibility index (Phi) is 6.40. The first-order chi connectivity index (χ1) is 15.0. The smallest absolute Gasteiger partial charge is 0.258 e. The van der Waals surface area contributed by atoms with Crippen molar-refractivity contribution in [2.24, 2.45) is 0 Å². The molecule has 0 radical (unpaired) electrons. The Hall–Kier alpha value is -3.08. The first-order valence-corrected chi connectivity index (χ1v) is 11.4. The van der Waals surface area contributed by atoms with Gasteiger partial charge in [-0.05, 0) is 35.7 Å². The molecule has 3 amide bonds. The number of amides is 3. The summed E-state index contributed by atoms with van der Waals surface area (Å²) in [5.41, 5.74) is 2.96. The molecule has 1 aliphatic rings. The van der Waals surface area contributed by atoms with Crippen molar-refractivity contribution in [1.29, 1.82) is 0 Å². The van der Waals surface area contributed by atoms with E-state index in [1.165, 1.54) is 29.6 Å². The summed E-state index contributed by atoms with van der Waals surface area (Å²) in [5.74, 6) is -0.405. The van der Waals surface area contributed by atoms with Crippen LogP contribution in [0.4, 0.5) is 16.5 Å². The number of thiophene rings is 1. The third-order valence-corrected chi connectivity index (χ3v) is 6.35. The molecule has 10 heteroatoms. The summed E-state index contributed by atoms with van der Waals surface area (Å²) in [6.07, 6.45) is 0.735. The predicted molar refractivity (Wildman–Crippen MR) is 123 cm³/mol. The van der Waals surface area contributed by atoms with Crippen molar-refractivity contribution in [2.75, 3.05) is 29.0 Å². The highest BCUT2D eigenvalue weighted by Gasteiger charge is 2.23. The third kappa shape index (κ3) is 5.54. The number of thiazole rings is 1. The van der Waals surface area contributed by atoms with Gasteiger partial charge in [0.15, 0.2) is 5.13 Å². The lowest BCUT2D eigenvalue weighted by Crippen LogP contribution is -2.36. The Balaban J connectivity index is 1.30. The summed E-state index contributed by atoms with van der Waals surface area (Å²) in [4.78, 5) is 43.4. The first kappa shape index (κ1) is 21.2. The molecular formula is C21H21N5O3S2. The van der Waals surface area contributed by atoms with E-state index in [9.17, 15) is 14.4 Å². The molecule has 0 saturated carbocycles. The molecule has 1 aromatic carbocycles. The number of nitrogens with zero attached hydrogens (tertiary/aromatic N) is 2. The lowest BCUT2D eigenvalue weighted by atomic mass is 10.2. The van der Waals surface area contributed by atoms with E-state index >= 15 is 0 Å². The van der Waals surface area contributed by atoms with Crippen molar-refractivity contribution >= 4 is 56.9 Å². The molecular weight excluding hydrogens is 434 g/mol. The van der Waals surface area contributed by atoms with Gasteiger partial charge in [-0.2, -0.15) is 11.3 Å². The molecule has 4 rings (SSSR count). The largest absolute Gasteiger partial charge is 0.326 e. The third-order valence-electron chi connectivity index (χ3n) is 4.67. The Morgan fingerprint density at radius 1 is 1.06 bits per heavy atom. The fourth-order valence-electron chi connectivity index (χ4n) is 3.24. The molecule has 2 aromatic heterocycles. The number of aromatic nitrogens is 1. The Bertz CT molecular complexity index is 1090. The summed E-state index contributed by atoms with van der Waals surface area (Å²) in [6.45, 7) is 3.06. The van der Waals surface area contributed by atoms with Crippen LogP contribution in [0.1, 0.15) is 27.9 Å². The van der Waals surface area contributed by atoms with Crippen LogP contribution in [0, 0.1) is 0 Å². The van der Waals surface area contributed by atoms with E-state index in [2.05, 4.69) is 25.8 Å². The number of fused-ring (bicyclic) bond motifs is 1. The van der Waals surface area contributed by atoms with Crippen molar-refractivity contribution in [2.45, 2.75) is 19.9 Å². The fourth-order valence-corrected chi connectivity index (χ4v) is 4.93. The first-order valence-electron chi connectivity index (χ1n) is 9.68. The van der Waals surface area contributed by atoms with Crippen LogP contribution < -0.4 is 16.0 Å². The SMILES string of the molecule is CC(=O)Nc1ccc(NC(=O)CN2CCc3nc(NC(=O)c4ccsc4)sc3C2)cc1. The fraction of sp³-hybridized carbons (Fsp3) is 0.238. The van der Waals surface area contributed by atoms with E-state index in [0.29, 0.717) is 28.6 Å². The van der Waals surface area contributed by atoms with E-state index in [1.807, 2.05) is 5.38 Å². The molecule has 0 fully saturated rings. The van der Waals surface area contributed by atoms with Gasteiger partial charge in [-0.15, -0.1) is 11.3 Å². The van der Waals surface area contributed by atoms with E-state index in [1.54, 1.807) is 35.7 Å². The van der Waals surface area contributed by atoms with Gasteiger partial charge in [-0.25, -0.2) is 4.98 Å². The van der Waals surface area contributed by atoms with Gasteiger partial charge in [-0.1, -0.05) is 0 Å². The van der Waals surface area contributed by atoms with Crippen LogP contribution in [0.3, 0.4) is 0 Å². The average Bonchev–Trinajstić information content (AvgIpc) is 3.38. The molecule has 0 saturated heterocycles. The van der Waals surface area contributed by atoms with Crippen molar-refractivity contribution in [1.82, 2.24) is 9.88 Å². The molecule has 3 N–H and O–H groups in total. The van der Waals surface area contributed by atoms with Crippen molar-refractivity contribution in [3.8, 4) is 0 Å². The number of benzene rings is 1. The molecule has 160 valence electrons. The second-order valence-electron chi connectivity index (χ2n) is 7.12. The number of anilines is 3. The number of rotatable bonds is 6. The quantitative estimate of drug-likeness (QED) is 0.529. The van der Waals surface area contributed by atoms with Crippen LogP contribution >= 0.6 is 22.7 Å². The van der Waals surface area contributed by atoms with Crippen LogP contribution in [0.2, 0.25) is 0 Å². The zero-order valence-corrected chi connectivity index (χ0v) is 18.4. The van der Waals surface area contributed by atoms with Crippen molar-refractivity contribution < 1.29 is 14.4 Å². The number of hydrogen-bond acceptors (Lipinski definition) is 7. The number of hydrogen-bond donors (Lipinski definition) is 3. The zero-order valence-electron chi connectivity index (χ0n) is 16.8. The molecule has 0 aliphatic carbocycles. The Labute approximate surface area is 187 Å². The van der Waals surface area contributed by atoms with Gasteiger partial charge in [0.2, 0.25) is 11.8 Å². The van der Waals surface area contributed by atoms with E-state index in [-0.39, 0.29) is 24.3 Å². The van der Waals surface area contributed by atoms with Crippen LogP contribution in [-0.2, 0) is 22.6 Å². The molecule has 8 nitrogen and oxygen atoms in total. The maximum Gasteiger partial charge on any atom is 0.258 e. The van der Waals surface area contributed by atoms with Gasteiger partial charge in [0.1, 0.15) is 0 Å². The minimum absolute atomic E-state index is 0.105. The minimum atomic E-state index is -0.159. The Morgan fingerprint density at radius 3 is 2.48 bits per heavy atom. The summed E-state index contributed by atoms with van der Waals surface area (Å²) in [6, 6.07) is 8.77. The van der Waals surface area contributed by atoms with Crippen molar-refractivity contribution in [3.05, 3.63) is 57.2 Å². The summed E-state index contributed by atoms with van der Waals surface area (Å²) < 4.78 is 0. The lowest BCUT2D eigenvalue weighted by Gasteiger charge is -2.25. The van der Waals surface area contributed by atoms with E-state index < -0.39 is 0 Å². The second kappa shape index (κ2) is 9.38. The highest BCUT2D eigenvalue weighted by Crippen LogP contribution is 2.28. The number of carbonyl (C=O) groups excluding carboxylic acids is 3. The van der Waals surface area contributed by atoms with Gasteiger partial charge in [0.25, 0.3) is 5.91 Å². The van der Waals surface area contributed by atoms with Crippen LogP contribution in [0.15, 0.2) is 41.1 Å². The molecule has 0 spiro atoms. The minimum Gasteiger partial charge on any atom is -0.326 e. The van der Waals surface area contributed by atoms with Gasteiger partial charge in [-0.3, -0.25) is 24.6 Å². The van der Waals surface area contributed by atoms with Gasteiger partial charge < -0.3 is 10.6 Å². The topological polar surface area (TPSA) is 103 Å². The summed E-state index contributed by atoms with van der Waals surface area (Å²) in [7, 11) is 0. The maximum atomic E-state index is 12.4. The van der Waals surface area contributed by atoms with Crippen LogP contribution in [-0.4, -0.2) is 40.7 Å².